The van der Waals surface area contributed by atoms with Crippen LogP contribution in [0.15, 0.2) is 12.0 Å². The molecule has 0 aromatic heterocycles. The van der Waals surface area contributed by atoms with Crippen molar-refractivity contribution in [2.75, 3.05) is 26.3 Å². The zero-order chi connectivity index (χ0) is 10.8. The third kappa shape index (κ3) is 2.07. The molecule has 1 fully saturated rings. The quantitative estimate of drug-likeness (QED) is 0.647. The van der Waals surface area contributed by atoms with Gasteiger partial charge in [0.2, 0.25) is 5.76 Å². The third-order valence-corrected chi connectivity index (χ3v) is 2.82. The van der Waals surface area contributed by atoms with Crippen LogP contribution in [0, 0.1) is 5.92 Å². The van der Waals surface area contributed by atoms with Crippen molar-refractivity contribution >= 4 is 5.91 Å². The third-order valence-electron chi connectivity index (χ3n) is 2.82. The van der Waals surface area contributed by atoms with Gasteiger partial charge in [-0.3, -0.25) is 4.79 Å². The smallest absolute Gasteiger partial charge is 0.292 e. The zero-order valence-corrected chi connectivity index (χ0v) is 8.81. The van der Waals surface area contributed by atoms with E-state index >= 15 is 0 Å². The predicted molar refractivity (Wildman–Crippen MR) is 53.7 cm³/mol. The lowest BCUT2D eigenvalue weighted by Gasteiger charge is -2.20. The normalized spacial score (nSPS) is 30.5. The lowest BCUT2D eigenvalue weighted by molar-refractivity contribution is -0.131. The Hall–Kier alpha value is -1.23. The summed E-state index contributed by atoms with van der Waals surface area (Å²) in [6.45, 7) is 4.28. The summed E-state index contributed by atoms with van der Waals surface area (Å²) in [5, 5.41) is 0. The summed E-state index contributed by atoms with van der Waals surface area (Å²) < 4.78 is 10.3. The minimum atomic E-state index is -0.116. The van der Waals surface area contributed by atoms with Crippen LogP contribution in [-0.4, -0.2) is 43.2 Å². The Bertz CT molecular complexity index is 280. The second kappa shape index (κ2) is 4.10. The number of likely N-dealkylation sites (tertiary alicyclic amines) is 1. The standard InChI is InChI=1S/C10H16N2O3/c1-7-4-12(5-8(7)11)10(13)9-6-14-2-3-15-9/h6-8H,2-5,11H2,1H3. The Morgan fingerprint density at radius 1 is 1.53 bits per heavy atom. The Labute approximate surface area is 88.8 Å². The first-order valence-corrected chi connectivity index (χ1v) is 5.18. The van der Waals surface area contributed by atoms with Gasteiger partial charge in [0.1, 0.15) is 19.5 Å². The number of hydrogen-bond donors (Lipinski definition) is 1. The topological polar surface area (TPSA) is 64.8 Å². The molecule has 0 bridgehead atoms. The van der Waals surface area contributed by atoms with Crippen molar-refractivity contribution in [2.45, 2.75) is 13.0 Å². The number of amides is 1. The van der Waals surface area contributed by atoms with Crippen LogP contribution in [0.2, 0.25) is 0 Å². The van der Waals surface area contributed by atoms with Gasteiger partial charge in [-0.25, -0.2) is 0 Å². The average molecular weight is 212 g/mol. The van der Waals surface area contributed by atoms with Gasteiger partial charge in [-0.1, -0.05) is 6.92 Å². The van der Waals surface area contributed by atoms with E-state index in [-0.39, 0.29) is 11.9 Å². The van der Waals surface area contributed by atoms with E-state index in [1.54, 1.807) is 4.90 Å². The highest BCUT2D eigenvalue weighted by Gasteiger charge is 2.32. The molecular formula is C10H16N2O3. The fourth-order valence-electron chi connectivity index (χ4n) is 1.79. The van der Waals surface area contributed by atoms with E-state index < -0.39 is 0 Å². The lowest BCUT2D eigenvalue weighted by atomic mass is 10.1. The van der Waals surface area contributed by atoms with Crippen molar-refractivity contribution in [3.8, 4) is 0 Å². The molecule has 1 amide bonds. The van der Waals surface area contributed by atoms with Gasteiger partial charge in [-0.05, 0) is 5.92 Å². The van der Waals surface area contributed by atoms with E-state index in [1.807, 2.05) is 6.92 Å². The van der Waals surface area contributed by atoms with Crippen molar-refractivity contribution in [2.24, 2.45) is 11.7 Å². The molecule has 0 spiro atoms. The zero-order valence-electron chi connectivity index (χ0n) is 8.81. The van der Waals surface area contributed by atoms with Gasteiger partial charge < -0.3 is 20.1 Å². The molecular weight excluding hydrogens is 196 g/mol. The van der Waals surface area contributed by atoms with Crippen LogP contribution in [0.1, 0.15) is 6.92 Å². The highest BCUT2D eigenvalue weighted by molar-refractivity contribution is 5.91. The minimum Gasteiger partial charge on any atom is -0.494 e. The summed E-state index contributed by atoms with van der Waals surface area (Å²) in [4.78, 5) is 13.6. The summed E-state index contributed by atoms with van der Waals surface area (Å²) in [6, 6.07) is 0.0686. The van der Waals surface area contributed by atoms with Crippen molar-refractivity contribution < 1.29 is 14.3 Å². The molecule has 2 N–H and O–H groups in total. The molecule has 0 aromatic rings. The molecule has 2 unspecified atom stereocenters. The molecule has 0 aliphatic carbocycles. The summed E-state index contributed by atoms with van der Waals surface area (Å²) in [5.74, 6) is 0.524. The molecule has 84 valence electrons. The maximum Gasteiger partial charge on any atom is 0.292 e. The first-order valence-electron chi connectivity index (χ1n) is 5.18. The molecule has 0 radical (unpaired) electrons. The molecule has 5 heteroatoms. The summed E-state index contributed by atoms with van der Waals surface area (Å²) in [5.41, 5.74) is 5.85. The van der Waals surface area contributed by atoms with Crippen LogP contribution in [0.25, 0.3) is 0 Å². The van der Waals surface area contributed by atoms with Crippen LogP contribution in [-0.2, 0) is 14.3 Å². The van der Waals surface area contributed by atoms with Gasteiger partial charge in [-0.15, -0.1) is 0 Å². The summed E-state index contributed by atoms with van der Waals surface area (Å²) >= 11 is 0. The maximum atomic E-state index is 11.9. The van der Waals surface area contributed by atoms with E-state index in [1.165, 1.54) is 6.26 Å². The SMILES string of the molecule is CC1CN(C(=O)C2=COCCO2)CC1N. The summed E-state index contributed by atoms with van der Waals surface area (Å²) in [7, 11) is 0. The molecule has 2 aliphatic heterocycles. The monoisotopic (exact) mass is 212 g/mol. The van der Waals surface area contributed by atoms with Crippen LogP contribution in [0.5, 0.6) is 0 Å². The molecule has 2 aliphatic rings. The number of rotatable bonds is 1. The number of ether oxygens (including phenoxy) is 2. The second-order valence-electron chi connectivity index (χ2n) is 4.05. The van der Waals surface area contributed by atoms with E-state index in [9.17, 15) is 4.79 Å². The van der Waals surface area contributed by atoms with Crippen LogP contribution in [0.3, 0.4) is 0 Å². The molecule has 2 rings (SSSR count). The van der Waals surface area contributed by atoms with Crippen LogP contribution >= 0.6 is 0 Å². The number of nitrogens with zero attached hydrogens (tertiary/aromatic N) is 1. The van der Waals surface area contributed by atoms with Crippen molar-refractivity contribution in [3.05, 3.63) is 12.0 Å². The maximum absolute atomic E-state index is 11.9. The average Bonchev–Trinajstić information content (AvgIpc) is 2.59. The molecule has 5 nitrogen and oxygen atoms in total. The Kier molecular flexibility index (Phi) is 2.81. The fourth-order valence-corrected chi connectivity index (χ4v) is 1.79. The molecule has 0 saturated carbocycles. The van der Waals surface area contributed by atoms with E-state index in [0.717, 1.165) is 0 Å². The second-order valence-corrected chi connectivity index (χ2v) is 4.05. The predicted octanol–water partition coefficient (Wildman–Crippen LogP) is -0.320. The van der Waals surface area contributed by atoms with Crippen LogP contribution in [0.4, 0.5) is 0 Å². The highest BCUT2D eigenvalue weighted by Crippen LogP contribution is 2.18. The summed E-state index contributed by atoms with van der Waals surface area (Å²) in [6.07, 6.45) is 1.39. The molecule has 2 atom stereocenters. The van der Waals surface area contributed by atoms with Crippen LogP contribution < -0.4 is 5.73 Å². The van der Waals surface area contributed by atoms with Gasteiger partial charge in [0.25, 0.3) is 5.91 Å². The van der Waals surface area contributed by atoms with Gasteiger partial charge >= 0.3 is 0 Å². The largest absolute Gasteiger partial charge is 0.494 e. The van der Waals surface area contributed by atoms with Crippen molar-refractivity contribution in [3.63, 3.8) is 0 Å². The number of carbonyl (C=O) groups excluding carboxylic acids is 1. The first-order chi connectivity index (χ1) is 7.18. The van der Waals surface area contributed by atoms with E-state index in [4.69, 9.17) is 15.2 Å². The minimum absolute atomic E-state index is 0.0686. The Morgan fingerprint density at radius 2 is 2.33 bits per heavy atom. The molecule has 0 aromatic carbocycles. The van der Waals surface area contributed by atoms with E-state index in [2.05, 4.69) is 0 Å². The number of hydrogen-bond acceptors (Lipinski definition) is 4. The Balaban J connectivity index is 1.99. The fraction of sp³-hybridized carbons (Fsp3) is 0.700. The first kappa shape index (κ1) is 10.3. The number of carbonyl (C=O) groups is 1. The van der Waals surface area contributed by atoms with Gasteiger partial charge in [0.05, 0.1) is 0 Å². The van der Waals surface area contributed by atoms with Gasteiger partial charge in [0, 0.05) is 19.1 Å². The molecule has 2 heterocycles. The van der Waals surface area contributed by atoms with Gasteiger partial charge in [0.15, 0.2) is 0 Å². The molecule has 15 heavy (non-hydrogen) atoms. The van der Waals surface area contributed by atoms with Crippen molar-refractivity contribution in [1.29, 1.82) is 0 Å². The lowest BCUT2D eigenvalue weighted by Crippen LogP contribution is -2.34. The Morgan fingerprint density at radius 3 is 2.87 bits per heavy atom. The van der Waals surface area contributed by atoms with Crippen molar-refractivity contribution in [1.82, 2.24) is 4.90 Å². The van der Waals surface area contributed by atoms with Gasteiger partial charge in [-0.2, -0.15) is 0 Å². The molecule has 1 saturated heterocycles. The highest BCUT2D eigenvalue weighted by atomic mass is 16.6. The number of nitrogens with two attached hydrogens (primary N) is 1. The van der Waals surface area contributed by atoms with E-state index in [0.29, 0.717) is 38.0 Å².